The number of anilines is 1. The third-order valence-electron chi connectivity index (χ3n) is 4.26. The Bertz CT molecular complexity index is 1040. The molecule has 0 aromatic heterocycles. The minimum Gasteiger partial charge on any atom is -0.326 e. The summed E-state index contributed by atoms with van der Waals surface area (Å²) in [6.45, 7) is 3.22. The van der Waals surface area contributed by atoms with E-state index in [2.05, 4.69) is 10.6 Å². The molecular formula is C19H18N2O5S. The average molecular weight is 386 g/mol. The first-order valence-electron chi connectivity index (χ1n) is 8.31. The minimum absolute atomic E-state index is 0.0459. The van der Waals surface area contributed by atoms with Crippen molar-refractivity contribution in [1.82, 2.24) is 5.32 Å². The molecule has 8 heteroatoms. The van der Waals surface area contributed by atoms with Gasteiger partial charge in [0.2, 0.25) is 5.91 Å². The number of fused-ring (bicyclic) bond motifs is 1. The molecule has 3 rings (SSSR count). The van der Waals surface area contributed by atoms with Gasteiger partial charge in [0.05, 0.1) is 27.7 Å². The fourth-order valence-electron chi connectivity index (χ4n) is 2.71. The fourth-order valence-corrected chi connectivity index (χ4v) is 3.77. The fraction of sp³-hybridized carbons (Fsp3) is 0.211. The summed E-state index contributed by atoms with van der Waals surface area (Å²) in [6, 6.07) is 10.7. The average Bonchev–Trinajstić information content (AvgIpc) is 2.89. The molecule has 2 N–H and O–H groups in total. The number of rotatable bonds is 5. The van der Waals surface area contributed by atoms with Gasteiger partial charge in [0, 0.05) is 5.69 Å². The van der Waals surface area contributed by atoms with Crippen molar-refractivity contribution in [2.24, 2.45) is 0 Å². The number of carbonyl (C=O) groups is 3. The van der Waals surface area contributed by atoms with Gasteiger partial charge >= 0.3 is 0 Å². The molecule has 0 saturated heterocycles. The van der Waals surface area contributed by atoms with Crippen LogP contribution in [0.25, 0.3) is 0 Å². The Morgan fingerprint density at radius 2 is 1.63 bits per heavy atom. The SMILES string of the molecule is CC(C)S(=O)(=O)c1ccc(CC(=O)Nc2ccc3c(c2)C(=O)NC3=O)cc1. The van der Waals surface area contributed by atoms with Gasteiger partial charge in [0.25, 0.3) is 11.8 Å². The monoisotopic (exact) mass is 386 g/mol. The molecule has 140 valence electrons. The predicted molar refractivity (Wildman–Crippen MR) is 99.3 cm³/mol. The molecule has 0 spiro atoms. The molecule has 1 aliphatic heterocycles. The second-order valence-corrected chi connectivity index (χ2v) is 9.01. The van der Waals surface area contributed by atoms with Gasteiger partial charge in [-0.3, -0.25) is 19.7 Å². The first-order chi connectivity index (χ1) is 12.7. The molecule has 0 saturated carbocycles. The van der Waals surface area contributed by atoms with Gasteiger partial charge in [0.15, 0.2) is 9.84 Å². The molecule has 2 aromatic rings. The topological polar surface area (TPSA) is 109 Å². The zero-order valence-electron chi connectivity index (χ0n) is 14.8. The van der Waals surface area contributed by atoms with E-state index >= 15 is 0 Å². The lowest BCUT2D eigenvalue weighted by Crippen LogP contribution is -2.19. The molecule has 1 aliphatic rings. The van der Waals surface area contributed by atoms with Crippen molar-refractivity contribution in [3.05, 3.63) is 59.2 Å². The number of imide groups is 1. The third kappa shape index (κ3) is 3.75. The van der Waals surface area contributed by atoms with Gasteiger partial charge in [-0.1, -0.05) is 12.1 Å². The van der Waals surface area contributed by atoms with Crippen LogP contribution in [0.15, 0.2) is 47.4 Å². The Kier molecular flexibility index (Phi) is 4.84. The number of carbonyl (C=O) groups excluding carboxylic acids is 3. The number of benzene rings is 2. The Balaban J connectivity index is 1.69. The molecule has 2 aromatic carbocycles. The predicted octanol–water partition coefficient (Wildman–Crippen LogP) is 1.93. The number of hydrogen-bond donors (Lipinski definition) is 2. The molecule has 3 amide bonds. The molecule has 0 radical (unpaired) electrons. The zero-order chi connectivity index (χ0) is 19.8. The lowest BCUT2D eigenvalue weighted by Gasteiger charge is -2.09. The van der Waals surface area contributed by atoms with Crippen LogP contribution < -0.4 is 10.6 Å². The highest BCUT2D eigenvalue weighted by atomic mass is 32.2. The van der Waals surface area contributed by atoms with E-state index in [0.717, 1.165) is 0 Å². The van der Waals surface area contributed by atoms with E-state index in [1.807, 2.05) is 0 Å². The summed E-state index contributed by atoms with van der Waals surface area (Å²) in [5.74, 6) is -1.27. The lowest BCUT2D eigenvalue weighted by molar-refractivity contribution is -0.115. The first kappa shape index (κ1) is 18.8. The quantitative estimate of drug-likeness (QED) is 0.763. The maximum atomic E-state index is 12.2. The van der Waals surface area contributed by atoms with E-state index in [1.54, 1.807) is 32.0 Å². The van der Waals surface area contributed by atoms with Crippen LogP contribution in [-0.4, -0.2) is 31.4 Å². The van der Waals surface area contributed by atoms with Gasteiger partial charge in [0.1, 0.15) is 0 Å². The number of hydrogen-bond acceptors (Lipinski definition) is 5. The second-order valence-electron chi connectivity index (χ2n) is 6.51. The number of amides is 3. The minimum atomic E-state index is -3.35. The Morgan fingerprint density at radius 3 is 2.26 bits per heavy atom. The van der Waals surface area contributed by atoms with Gasteiger partial charge in [-0.2, -0.15) is 0 Å². The van der Waals surface area contributed by atoms with E-state index < -0.39 is 26.9 Å². The largest absolute Gasteiger partial charge is 0.326 e. The molecule has 1 heterocycles. The Hall–Kier alpha value is -3.00. The van der Waals surface area contributed by atoms with E-state index in [9.17, 15) is 22.8 Å². The van der Waals surface area contributed by atoms with Crippen LogP contribution in [0.3, 0.4) is 0 Å². The molecule has 0 atom stereocenters. The summed E-state index contributed by atoms with van der Waals surface area (Å²) < 4.78 is 24.2. The number of sulfone groups is 1. The van der Waals surface area contributed by atoms with Crippen LogP contribution in [0.2, 0.25) is 0 Å². The zero-order valence-corrected chi connectivity index (χ0v) is 15.6. The Labute approximate surface area is 156 Å². The highest BCUT2D eigenvalue weighted by molar-refractivity contribution is 7.92. The molecule has 27 heavy (non-hydrogen) atoms. The van der Waals surface area contributed by atoms with Gasteiger partial charge in [-0.15, -0.1) is 0 Å². The maximum absolute atomic E-state index is 12.2. The van der Waals surface area contributed by atoms with Gasteiger partial charge < -0.3 is 5.32 Å². The third-order valence-corrected chi connectivity index (χ3v) is 6.43. The van der Waals surface area contributed by atoms with Crippen molar-refractivity contribution in [1.29, 1.82) is 0 Å². The van der Waals surface area contributed by atoms with E-state index in [1.165, 1.54) is 24.3 Å². The Morgan fingerprint density at radius 1 is 1.00 bits per heavy atom. The standard InChI is InChI=1S/C19H18N2O5S/c1-11(2)27(25,26)14-6-3-12(4-7-14)9-17(22)20-13-5-8-15-16(10-13)19(24)21-18(15)23/h3-8,10-11H,9H2,1-2H3,(H,20,22)(H,21,23,24). The summed E-state index contributed by atoms with van der Waals surface area (Å²) in [5, 5.41) is 4.34. The van der Waals surface area contributed by atoms with Gasteiger partial charge in [-0.25, -0.2) is 8.42 Å². The summed E-state index contributed by atoms with van der Waals surface area (Å²) >= 11 is 0. The summed E-state index contributed by atoms with van der Waals surface area (Å²) in [6.07, 6.45) is 0.0459. The first-order valence-corrected chi connectivity index (χ1v) is 9.85. The van der Waals surface area contributed by atoms with Crippen LogP contribution in [-0.2, 0) is 21.1 Å². The van der Waals surface area contributed by atoms with Crippen LogP contribution in [0, 0.1) is 0 Å². The second kappa shape index (κ2) is 6.96. The van der Waals surface area contributed by atoms with E-state index in [-0.39, 0.29) is 28.4 Å². The van der Waals surface area contributed by atoms with E-state index in [4.69, 9.17) is 0 Å². The van der Waals surface area contributed by atoms with Gasteiger partial charge in [-0.05, 0) is 49.7 Å². The van der Waals surface area contributed by atoms with Crippen molar-refractivity contribution < 1.29 is 22.8 Å². The highest BCUT2D eigenvalue weighted by Gasteiger charge is 2.26. The van der Waals surface area contributed by atoms with Crippen LogP contribution in [0.1, 0.15) is 40.1 Å². The normalized spacial score (nSPS) is 13.4. The maximum Gasteiger partial charge on any atom is 0.259 e. The van der Waals surface area contributed by atoms with Crippen LogP contribution in [0.4, 0.5) is 5.69 Å². The summed E-state index contributed by atoms with van der Waals surface area (Å²) in [7, 11) is -3.35. The van der Waals surface area contributed by atoms with Crippen LogP contribution >= 0.6 is 0 Å². The van der Waals surface area contributed by atoms with Crippen molar-refractivity contribution in [3.8, 4) is 0 Å². The smallest absolute Gasteiger partial charge is 0.259 e. The molecule has 0 unspecified atom stereocenters. The molecule has 0 fully saturated rings. The van der Waals surface area contributed by atoms with Crippen molar-refractivity contribution in [3.63, 3.8) is 0 Å². The molecule has 0 bridgehead atoms. The highest BCUT2D eigenvalue weighted by Crippen LogP contribution is 2.21. The summed E-state index contributed by atoms with van der Waals surface area (Å²) in [4.78, 5) is 35.6. The lowest BCUT2D eigenvalue weighted by atomic mass is 10.1. The van der Waals surface area contributed by atoms with Crippen LogP contribution in [0.5, 0.6) is 0 Å². The molecule has 0 aliphatic carbocycles. The van der Waals surface area contributed by atoms with Crippen molar-refractivity contribution in [2.45, 2.75) is 30.4 Å². The van der Waals surface area contributed by atoms with Crippen molar-refractivity contribution >= 4 is 33.2 Å². The molecule has 7 nitrogen and oxygen atoms in total. The summed E-state index contributed by atoms with van der Waals surface area (Å²) in [5.41, 5.74) is 1.56. The van der Waals surface area contributed by atoms with Crippen molar-refractivity contribution in [2.75, 3.05) is 5.32 Å². The van der Waals surface area contributed by atoms with E-state index in [0.29, 0.717) is 11.3 Å². The molecular weight excluding hydrogens is 368 g/mol. The number of nitrogens with one attached hydrogen (secondary N) is 2.